The van der Waals surface area contributed by atoms with Gasteiger partial charge in [0.1, 0.15) is 11.5 Å². The third kappa shape index (κ3) is 4.74. The van der Waals surface area contributed by atoms with Gasteiger partial charge in [-0.05, 0) is 44.2 Å². The van der Waals surface area contributed by atoms with Crippen LogP contribution in [0.1, 0.15) is 49.2 Å². The topological polar surface area (TPSA) is 83.2 Å². The van der Waals surface area contributed by atoms with Crippen LogP contribution in [-0.4, -0.2) is 45.8 Å². The van der Waals surface area contributed by atoms with Crippen LogP contribution in [0.25, 0.3) is 5.52 Å². The van der Waals surface area contributed by atoms with Crippen LogP contribution in [0.4, 0.5) is 13.2 Å². The number of nitrogens with zero attached hydrogens (tertiary/aromatic N) is 4. The number of aromatic nitrogens is 2. The summed E-state index contributed by atoms with van der Waals surface area (Å²) in [5.41, 5.74) is 2.05. The van der Waals surface area contributed by atoms with E-state index in [1.165, 1.54) is 0 Å². The maximum absolute atomic E-state index is 13.3. The highest BCUT2D eigenvalue weighted by Gasteiger charge is 2.54. The van der Waals surface area contributed by atoms with E-state index in [4.69, 9.17) is 0 Å². The first-order valence-electron chi connectivity index (χ1n) is 11.8. The van der Waals surface area contributed by atoms with Gasteiger partial charge in [0.15, 0.2) is 0 Å². The third-order valence-corrected chi connectivity index (χ3v) is 6.67. The molecule has 0 bridgehead atoms. The molecule has 0 saturated heterocycles. The Morgan fingerprint density at radius 2 is 2.17 bits per heavy atom. The zero-order valence-corrected chi connectivity index (χ0v) is 19.5. The first kappa shape index (κ1) is 23.3. The number of carbonyl (C=O) groups excluding carboxylic acids is 1. The van der Waals surface area contributed by atoms with E-state index in [9.17, 15) is 18.0 Å². The van der Waals surface area contributed by atoms with Crippen LogP contribution in [-0.2, 0) is 0 Å². The van der Waals surface area contributed by atoms with E-state index < -0.39 is 17.7 Å². The lowest BCUT2D eigenvalue weighted by Crippen LogP contribution is -2.34. The standard InChI is InChI=1S/C25H27F3N6O/c1-14-6-8-29-19(11-14)22-21(20-5-3-4-10-34(20)33-22)24(35)32-15(2)7-9-30-23-17-12-16(17)18(13-31-23)25(26,27)28/h3-6,8,10,13-17H,7,9,11-12H2,1-2H3,(H,30,31)(H,32,35)/t14?,15-,16?,17?/m1/s1. The number of alkyl halides is 3. The quantitative estimate of drug-likeness (QED) is 0.643. The zero-order valence-electron chi connectivity index (χ0n) is 19.5. The second-order valence-electron chi connectivity index (χ2n) is 9.47. The molecule has 0 aromatic carbocycles. The van der Waals surface area contributed by atoms with E-state index in [1.807, 2.05) is 31.2 Å². The molecule has 0 spiro atoms. The molecule has 184 valence electrons. The first-order chi connectivity index (χ1) is 16.7. The van der Waals surface area contributed by atoms with Crippen molar-refractivity contribution in [1.29, 1.82) is 0 Å². The van der Waals surface area contributed by atoms with Crippen molar-refractivity contribution < 1.29 is 18.0 Å². The van der Waals surface area contributed by atoms with Crippen LogP contribution < -0.4 is 10.6 Å². The molecule has 1 saturated carbocycles. The lowest BCUT2D eigenvalue weighted by Gasteiger charge is -2.18. The summed E-state index contributed by atoms with van der Waals surface area (Å²) in [6.07, 6.45) is 4.05. The number of fused-ring (bicyclic) bond motifs is 2. The van der Waals surface area contributed by atoms with Crippen LogP contribution in [0.2, 0.25) is 0 Å². The van der Waals surface area contributed by atoms with Gasteiger partial charge in [-0.2, -0.15) is 18.3 Å². The average Bonchev–Trinajstić information content (AvgIpc) is 3.51. The van der Waals surface area contributed by atoms with E-state index in [0.29, 0.717) is 54.3 Å². The minimum absolute atomic E-state index is 0.185. The second kappa shape index (κ2) is 8.98. The highest BCUT2D eigenvalue weighted by atomic mass is 19.4. The molecule has 1 aliphatic carbocycles. The van der Waals surface area contributed by atoms with E-state index >= 15 is 0 Å². The maximum Gasteiger partial charge on any atom is 0.414 e. The SMILES string of the molecule is CC1C=CN=C(c2nn3ccccc3c2C(=O)N[C@H](C)CCN=C2NC=C(C(F)(F)F)C3CC23)C1. The lowest BCUT2D eigenvalue weighted by molar-refractivity contribution is -0.0962. The lowest BCUT2D eigenvalue weighted by atomic mass is 9.97. The van der Waals surface area contributed by atoms with Crippen molar-refractivity contribution in [1.82, 2.24) is 20.2 Å². The monoisotopic (exact) mass is 484 g/mol. The summed E-state index contributed by atoms with van der Waals surface area (Å²) in [6.45, 7) is 4.39. The fraction of sp³-hybridized carbons (Fsp3) is 0.440. The molecule has 2 aromatic heterocycles. The Hall–Kier alpha value is -3.43. The molecule has 4 heterocycles. The number of pyridine rings is 1. The molecule has 1 fully saturated rings. The smallest absolute Gasteiger partial charge is 0.350 e. The van der Waals surface area contributed by atoms with Crippen LogP contribution in [0.5, 0.6) is 0 Å². The Morgan fingerprint density at radius 3 is 2.94 bits per heavy atom. The predicted molar refractivity (Wildman–Crippen MR) is 127 cm³/mol. The maximum atomic E-state index is 13.3. The van der Waals surface area contributed by atoms with Crippen molar-refractivity contribution in [2.24, 2.45) is 27.7 Å². The van der Waals surface area contributed by atoms with Gasteiger partial charge in [-0.3, -0.25) is 14.8 Å². The van der Waals surface area contributed by atoms with Crippen LogP contribution in [0.3, 0.4) is 0 Å². The molecule has 4 atom stereocenters. The largest absolute Gasteiger partial charge is 0.414 e. The predicted octanol–water partition coefficient (Wildman–Crippen LogP) is 4.27. The van der Waals surface area contributed by atoms with Gasteiger partial charge in [0.2, 0.25) is 0 Å². The van der Waals surface area contributed by atoms with Gasteiger partial charge in [-0.25, -0.2) is 4.52 Å². The number of allylic oxidation sites excluding steroid dienone is 2. The molecule has 10 heteroatoms. The van der Waals surface area contributed by atoms with Gasteiger partial charge in [0.05, 0.1) is 22.4 Å². The van der Waals surface area contributed by atoms with E-state index in [0.717, 1.165) is 11.9 Å². The zero-order chi connectivity index (χ0) is 24.7. The minimum Gasteiger partial charge on any atom is -0.350 e. The van der Waals surface area contributed by atoms with Crippen molar-refractivity contribution >= 4 is 23.0 Å². The number of nitrogens with one attached hydrogen (secondary N) is 2. The van der Waals surface area contributed by atoms with Crippen molar-refractivity contribution in [3.63, 3.8) is 0 Å². The summed E-state index contributed by atoms with van der Waals surface area (Å²) in [7, 11) is 0. The Labute approximate surface area is 200 Å². The Morgan fingerprint density at radius 1 is 1.34 bits per heavy atom. The van der Waals surface area contributed by atoms with Gasteiger partial charge >= 0.3 is 6.18 Å². The van der Waals surface area contributed by atoms with Crippen molar-refractivity contribution in [2.45, 2.75) is 45.3 Å². The number of hydrogen-bond donors (Lipinski definition) is 2. The number of rotatable bonds is 6. The summed E-state index contributed by atoms with van der Waals surface area (Å²) in [5.74, 6) is 0.00534. The summed E-state index contributed by atoms with van der Waals surface area (Å²) in [6, 6.07) is 5.39. The van der Waals surface area contributed by atoms with E-state index in [-0.39, 0.29) is 17.9 Å². The van der Waals surface area contributed by atoms with Crippen molar-refractivity contribution in [2.75, 3.05) is 6.54 Å². The Kier molecular flexibility index (Phi) is 5.98. The van der Waals surface area contributed by atoms with Gasteiger partial charge in [-0.15, -0.1) is 0 Å². The molecule has 5 rings (SSSR count). The van der Waals surface area contributed by atoms with Crippen molar-refractivity contribution in [3.05, 3.63) is 59.7 Å². The summed E-state index contributed by atoms with van der Waals surface area (Å²) < 4.78 is 40.7. The molecule has 1 amide bonds. The molecule has 3 aliphatic rings. The molecular weight excluding hydrogens is 457 g/mol. The van der Waals surface area contributed by atoms with E-state index in [1.54, 1.807) is 16.9 Å². The van der Waals surface area contributed by atoms with Gasteiger partial charge in [-0.1, -0.05) is 19.1 Å². The fourth-order valence-corrected chi connectivity index (χ4v) is 4.70. The van der Waals surface area contributed by atoms with Crippen LogP contribution in [0.15, 0.2) is 58.4 Å². The molecular formula is C25H27F3N6O. The normalized spacial score (nSPS) is 25.5. The summed E-state index contributed by atoms with van der Waals surface area (Å²) >= 11 is 0. The van der Waals surface area contributed by atoms with Crippen LogP contribution in [0, 0.1) is 17.8 Å². The summed E-state index contributed by atoms with van der Waals surface area (Å²) in [4.78, 5) is 22.3. The number of aliphatic imine (C=N–C) groups is 2. The number of hydrogen-bond acceptors (Lipinski definition) is 4. The molecule has 2 aliphatic heterocycles. The number of amides is 1. The highest BCUT2D eigenvalue weighted by Crippen LogP contribution is 2.51. The Balaban J connectivity index is 1.26. The Bertz CT molecular complexity index is 1270. The number of carbonyl (C=O) groups is 1. The highest BCUT2D eigenvalue weighted by molar-refractivity contribution is 6.13. The second-order valence-corrected chi connectivity index (χ2v) is 9.47. The number of amidine groups is 1. The average molecular weight is 485 g/mol. The van der Waals surface area contributed by atoms with E-state index in [2.05, 4.69) is 32.6 Å². The van der Waals surface area contributed by atoms with Crippen molar-refractivity contribution in [3.8, 4) is 0 Å². The number of halogens is 3. The van der Waals surface area contributed by atoms with Gasteiger partial charge in [0.25, 0.3) is 5.91 Å². The third-order valence-electron chi connectivity index (χ3n) is 6.67. The molecule has 2 N–H and O–H groups in total. The van der Waals surface area contributed by atoms with Gasteiger partial charge < -0.3 is 10.6 Å². The first-order valence-corrected chi connectivity index (χ1v) is 11.8. The van der Waals surface area contributed by atoms with Gasteiger partial charge in [0, 0.05) is 43.0 Å². The molecule has 2 aromatic rings. The molecule has 7 nitrogen and oxygen atoms in total. The summed E-state index contributed by atoms with van der Waals surface area (Å²) in [5, 5.41) is 10.4. The van der Waals surface area contributed by atoms with Crippen LogP contribution >= 0.6 is 0 Å². The minimum atomic E-state index is -4.30. The molecule has 35 heavy (non-hydrogen) atoms. The fourth-order valence-electron chi connectivity index (χ4n) is 4.70. The molecule has 3 unspecified atom stereocenters. The molecule has 0 radical (unpaired) electrons.